The predicted molar refractivity (Wildman–Crippen MR) is 72.6 cm³/mol. The molecule has 0 bridgehead atoms. The molecule has 0 saturated carbocycles. The van der Waals surface area contributed by atoms with E-state index in [1.807, 2.05) is 0 Å². The third-order valence-electron chi connectivity index (χ3n) is 3.86. The zero-order valence-electron chi connectivity index (χ0n) is 11.7. The monoisotopic (exact) mass is 306 g/mol. The largest absolute Gasteiger partial charge is 0.386 e. The molecule has 0 aliphatic carbocycles. The quantitative estimate of drug-likeness (QED) is 0.699. The first-order valence-corrected chi connectivity index (χ1v) is 8.71. The Bertz CT molecular complexity index is 458. The molecule has 2 atom stereocenters. The number of hydrogen-bond donors (Lipinski definition) is 2. The van der Waals surface area contributed by atoms with Crippen molar-refractivity contribution in [1.29, 1.82) is 0 Å². The maximum atomic E-state index is 12.2. The van der Waals surface area contributed by atoms with Gasteiger partial charge in [0.1, 0.15) is 11.6 Å². The maximum Gasteiger partial charge on any atom is 0.238 e. The molecule has 2 heterocycles. The molecule has 2 aliphatic heterocycles. The molecule has 20 heavy (non-hydrogen) atoms. The Balaban J connectivity index is 1.96. The van der Waals surface area contributed by atoms with Crippen LogP contribution in [0.5, 0.6) is 0 Å². The number of hydrogen-bond acceptors (Lipinski definition) is 5. The van der Waals surface area contributed by atoms with E-state index in [0.29, 0.717) is 26.0 Å². The van der Waals surface area contributed by atoms with Crippen LogP contribution in [0, 0.1) is 0 Å². The molecule has 2 rings (SSSR count). The summed E-state index contributed by atoms with van der Waals surface area (Å²) >= 11 is 0. The summed E-state index contributed by atoms with van der Waals surface area (Å²) in [6.45, 7) is 1.16. The molecule has 116 valence electrons. The fraction of sp³-hybridized carbons (Fsp3) is 0.917. The summed E-state index contributed by atoms with van der Waals surface area (Å²) in [7, 11) is -3.39. The molecular formula is C12H22N2O5S. The van der Waals surface area contributed by atoms with Crippen LogP contribution in [0.25, 0.3) is 0 Å². The zero-order chi connectivity index (χ0) is 14.8. The molecule has 2 aliphatic rings. The SMILES string of the molecule is CS(=O)(=O)N1CCCCC1C(=O)NCC1(O)CCOC1. The molecule has 0 aromatic carbocycles. The number of nitrogens with zero attached hydrogens (tertiary/aromatic N) is 1. The van der Waals surface area contributed by atoms with E-state index >= 15 is 0 Å². The predicted octanol–water partition coefficient (Wildman–Crippen LogP) is -0.932. The van der Waals surface area contributed by atoms with Gasteiger partial charge in [-0.1, -0.05) is 6.42 Å². The molecule has 2 N–H and O–H groups in total. The van der Waals surface area contributed by atoms with Gasteiger partial charge in [-0.05, 0) is 12.8 Å². The lowest BCUT2D eigenvalue weighted by Gasteiger charge is -2.33. The van der Waals surface area contributed by atoms with Gasteiger partial charge in [0, 0.05) is 26.1 Å². The van der Waals surface area contributed by atoms with Crippen molar-refractivity contribution in [1.82, 2.24) is 9.62 Å². The standard InChI is InChI=1S/C12H22N2O5S/c1-20(17,18)14-6-3-2-4-10(14)11(15)13-8-12(16)5-7-19-9-12/h10,16H,2-9H2,1H3,(H,13,15). The number of sulfonamides is 1. The summed E-state index contributed by atoms with van der Waals surface area (Å²) in [5.74, 6) is -0.338. The van der Waals surface area contributed by atoms with Crippen LogP contribution in [-0.4, -0.2) is 67.9 Å². The second kappa shape index (κ2) is 5.97. The second-order valence-corrected chi connectivity index (χ2v) is 7.57. The highest BCUT2D eigenvalue weighted by Gasteiger charge is 2.37. The van der Waals surface area contributed by atoms with E-state index in [4.69, 9.17) is 4.74 Å². The molecule has 2 unspecified atom stereocenters. The van der Waals surface area contributed by atoms with Crippen molar-refractivity contribution in [2.75, 3.05) is 32.6 Å². The minimum Gasteiger partial charge on any atom is -0.386 e. The van der Waals surface area contributed by atoms with Gasteiger partial charge in [0.15, 0.2) is 0 Å². The van der Waals surface area contributed by atoms with E-state index < -0.39 is 21.7 Å². The summed E-state index contributed by atoms with van der Waals surface area (Å²) in [6, 6.07) is -0.662. The van der Waals surface area contributed by atoms with Gasteiger partial charge in [-0.2, -0.15) is 4.31 Å². The molecule has 0 radical (unpaired) electrons. The average molecular weight is 306 g/mol. The van der Waals surface area contributed by atoms with E-state index in [2.05, 4.69) is 5.32 Å². The van der Waals surface area contributed by atoms with E-state index in [-0.39, 0.29) is 19.1 Å². The summed E-state index contributed by atoms with van der Waals surface area (Å²) in [5, 5.41) is 12.8. The lowest BCUT2D eigenvalue weighted by molar-refractivity contribution is -0.127. The molecule has 2 fully saturated rings. The van der Waals surface area contributed by atoms with Gasteiger partial charge in [0.2, 0.25) is 15.9 Å². The Kier molecular flexibility index (Phi) is 4.68. The fourth-order valence-corrected chi connectivity index (χ4v) is 3.79. The lowest BCUT2D eigenvalue weighted by atomic mass is 10.0. The minimum absolute atomic E-state index is 0.0972. The van der Waals surface area contributed by atoms with Gasteiger partial charge in [-0.25, -0.2) is 8.42 Å². The van der Waals surface area contributed by atoms with E-state index in [1.54, 1.807) is 0 Å². The summed E-state index contributed by atoms with van der Waals surface area (Å²) < 4.78 is 29.8. The van der Waals surface area contributed by atoms with Crippen LogP contribution in [0.3, 0.4) is 0 Å². The number of rotatable bonds is 4. The third kappa shape index (κ3) is 3.69. The van der Waals surface area contributed by atoms with Crippen LogP contribution in [0.2, 0.25) is 0 Å². The van der Waals surface area contributed by atoms with Crippen molar-refractivity contribution < 1.29 is 23.1 Å². The smallest absolute Gasteiger partial charge is 0.238 e. The lowest BCUT2D eigenvalue weighted by Crippen LogP contribution is -2.54. The van der Waals surface area contributed by atoms with Gasteiger partial charge in [0.05, 0.1) is 12.9 Å². The number of amides is 1. The minimum atomic E-state index is -3.39. The number of nitrogens with one attached hydrogen (secondary N) is 1. The molecule has 0 aromatic rings. The zero-order valence-corrected chi connectivity index (χ0v) is 12.5. The summed E-state index contributed by atoms with van der Waals surface area (Å²) in [5.41, 5.74) is -1.03. The Morgan fingerprint density at radius 2 is 2.25 bits per heavy atom. The van der Waals surface area contributed by atoms with E-state index in [9.17, 15) is 18.3 Å². The second-order valence-electron chi connectivity index (χ2n) is 5.63. The van der Waals surface area contributed by atoms with Crippen molar-refractivity contribution >= 4 is 15.9 Å². The van der Waals surface area contributed by atoms with Crippen LogP contribution < -0.4 is 5.32 Å². The Morgan fingerprint density at radius 1 is 1.50 bits per heavy atom. The summed E-state index contributed by atoms with van der Waals surface area (Å²) in [6.07, 6.45) is 3.73. The van der Waals surface area contributed by atoms with Crippen LogP contribution in [-0.2, 0) is 19.6 Å². The maximum absolute atomic E-state index is 12.2. The van der Waals surface area contributed by atoms with Gasteiger partial charge in [-0.3, -0.25) is 4.79 Å². The number of aliphatic hydroxyl groups is 1. The first kappa shape index (κ1) is 15.7. The van der Waals surface area contributed by atoms with Crippen molar-refractivity contribution in [3.05, 3.63) is 0 Å². The van der Waals surface area contributed by atoms with Crippen LogP contribution in [0.1, 0.15) is 25.7 Å². The molecule has 8 heteroatoms. The van der Waals surface area contributed by atoms with Gasteiger partial charge in [0.25, 0.3) is 0 Å². The van der Waals surface area contributed by atoms with Crippen LogP contribution in [0.15, 0.2) is 0 Å². The summed E-state index contributed by atoms with van der Waals surface area (Å²) in [4.78, 5) is 12.2. The number of piperidine rings is 1. The van der Waals surface area contributed by atoms with Gasteiger partial charge >= 0.3 is 0 Å². The Morgan fingerprint density at radius 3 is 2.85 bits per heavy atom. The molecule has 1 amide bonds. The molecule has 7 nitrogen and oxygen atoms in total. The third-order valence-corrected chi connectivity index (χ3v) is 5.15. The van der Waals surface area contributed by atoms with Gasteiger partial charge in [-0.15, -0.1) is 0 Å². The highest BCUT2D eigenvalue weighted by atomic mass is 32.2. The first-order chi connectivity index (χ1) is 9.32. The van der Waals surface area contributed by atoms with Gasteiger partial charge < -0.3 is 15.2 Å². The van der Waals surface area contributed by atoms with E-state index in [0.717, 1.165) is 19.1 Å². The average Bonchev–Trinajstić information content (AvgIpc) is 2.82. The van der Waals surface area contributed by atoms with Crippen LogP contribution >= 0.6 is 0 Å². The molecule has 2 saturated heterocycles. The Labute approximate surface area is 119 Å². The molecular weight excluding hydrogens is 284 g/mol. The topological polar surface area (TPSA) is 95.9 Å². The van der Waals surface area contributed by atoms with Crippen molar-refractivity contribution in [3.63, 3.8) is 0 Å². The van der Waals surface area contributed by atoms with E-state index in [1.165, 1.54) is 4.31 Å². The van der Waals surface area contributed by atoms with Crippen LogP contribution in [0.4, 0.5) is 0 Å². The number of carbonyl (C=O) groups excluding carboxylic acids is 1. The first-order valence-electron chi connectivity index (χ1n) is 6.86. The highest BCUT2D eigenvalue weighted by Crippen LogP contribution is 2.21. The Hall–Kier alpha value is -0.700. The van der Waals surface area contributed by atoms with Crippen molar-refractivity contribution in [2.24, 2.45) is 0 Å². The molecule has 0 spiro atoms. The normalized spacial score (nSPS) is 32.2. The van der Waals surface area contributed by atoms with Crippen molar-refractivity contribution in [3.8, 4) is 0 Å². The number of ether oxygens (including phenoxy) is 1. The molecule has 0 aromatic heterocycles. The van der Waals surface area contributed by atoms with Crippen molar-refractivity contribution in [2.45, 2.75) is 37.3 Å². The number of carbonyl (C=O) groups is 1. The fourth-order valence-electron chi connectivity index (χ4n) is 2.67. The highest BCUT2D eigenvalue weighted by molar-refractivity contribution is 7.88.